The fourth-order valence-electron chi connectivity index (χ4n) is 2.86. The molecule has 0 saturated carbocycles. The Bertz CT molecular complexity index is 945. The van der Waals surface area contributed by atoms with Gasteiger partial charge in [0.15, 0.2) is 6.29 Å². The normalized spacial score (nSPS) is 12.0. The van der Waals surface area contributed by atoms with Gasteiger partial charge in [0.1, 0.15) is 17.2 Å². The van der Waals surface area contributed by atoms with E-state index in [1.54, 1.807) is 48.5 Å². The Morgan fingerprint density at radius 1 is 0.484 bits per heavy atom. The van der Waals surface area contributed by atoms with E-state index < -0.39 is 15.3 Å². The van der Waals surface area contributed by atoms with Crippen LogP contribution in [0.1, 0.15) is 11.9 Å². The Balaban J connectivity index is 1.73. The average molecular weight is 431 g/mol. The lowest BCUT2D eigenvalue weighted by Gasteiger charge is -2.30. The van der Waals surface area contributed by atoms with Gasteiger partial charge in [0.25, 0.3) is 0 Å². The second-order valence-corrected chi connectivity index (χ2v) is 8.47. The van der Waals surface area contributed by atoms with Crippen molar-refractivity contribution in [3.05, 3.63) is 127 Å². The van der Waals surface area contributed by atoms with Gasteiger partial charge in [0, 0.05) is 5.56 Å². The Hall–Kier alpha value is -3.58. The summed E-state index contributed by atoms with van der Waals surface area (Å²) in [5, 5.41) is 10.9. The van der Waals surface area contributed by atoms with Gasteiger partial charge in [-0.15, -0.1) is 0 Å². The first-order valence-electron chi connectivity index (χ1n) is 9.85. The van der Waals surface area contributed by atoms with Crippen molar-refractivity contribution in [2.75, 3.05) is 0 Å². The van der Waals surface area contributed by atoms with Gasteiger partial charge in [-0.2, -0.15) is 0 Å². The van der Waals surface area contributed by atoms with E-state index in [0.717, 1.165) is 0 Å². The van der Waals surface area contributed by atoms with Crippen LogP contribution in [-0.4, -0.2) is 14.2 Å². The second-order valence-electron chi connectivity index (χ2n) is 6.63. The topological polar surface area (TPSA) is 57.2 Å². The highest BCUT2D eigenvalue weighted by atomic mass is 28.4. The largest absolute Gasteiger partial charge is 0.895 e. The molecule has 0 amide bonds. The maximum absolute atomic E-state index is 10.9. The monoisotopic (exact) mass is 430 g/mol. The lowest BCUT2D eigenvalue weighted by Crippen LogP contribution is -2.58. The standard InChI is InChI=1S/C25H22O5Si/c26-25(21-13-5-1-6-14-21)30-31(27-22-15-7-2-8-16-22,28-23-17-9-3-10-18-23)29-24-19-11-4-12-20-24/h1-20,25-26H. The van der Waals surface area contributed by atoms with Crippen molar-refractivity contribution in [2.45, 2.75) is 6.29 Å². The summed E-state index contributed by atoms with van der Waals surface area (Å²) in [5.41, 5.74) is 0.560. The summed E-state index contributed by atoms with van der Waals surface area (Å²) in [6, 6.07) is 36.4. The van der Waals surface area contributed by atoms with Crippen molar-refractivity contribution in [2.24, 2.45) is 0 Å². The van der Waals surface area contributed by atoms with Crippen molar-refractivity contribution in [1.82, 2.24) is 0 Å². The van der Waals surface area contributed by atoms with E-state index in [2.05, 4.69) is 0 Å². The lowest BCUT2D eigenvalue weighted by molar-refractivity contribution is -0.0791. The van der Waals surface area contributed by atoms with E-state index in [4.69, 9.17) is 17.7 Å². The Kier molecular flexibility index (Phi) is 6.64. The third-order valence-electron chi connectivity index (χ3n) is 4.30. The third kappa shape index (κ3) is 5.73. The van der Waals surface area contributed by atoms with E-state index in [-0.39, 0.29) is 0 Å². The highest BCUT2D eigenvalue weighted by Crippen LogP contribution is 2.28. The van der Waals surface area contributed by atoms with Gasteiger partial charge in [0.05, 0.1) is 0 Å². The minimum atomic E-state index is -4.01. The van der Waals surface area contributed by atoms with Crippen LogP contribution in [-0.2, 0) is 4.43 Å². The number of para-hydroxylation sites is 3. The predicted octanol–water partition coefficient (Wildman–Crippen LogP) is 5.37. The van der Waals surface area contributed by atoms with E-state index in [1.165, 1.54) is 0 Å². The molecule has 0 bridgehead atoms. The molecule has 6 heteroatoms. The van der Waals surface area contributed by atoms with Crippen molar-refractivity contribution in [3.63, 3.8) is 0 Å². The molecule has 4 rings (SSSR count). The van der Waals surface area contributed by atoms with Gasteiger partial charge >= 0.3 is 9.05 Å². The molecule has 0 aromatic heterocycles. The van der Waals surface area contributed by atoms with E-state index in [1.807, 2.05) is 72.8 Å². The Morgan fingerprint density at radius 2 is 0.806 bits per heavy atom. The molecule has 1 N–H and O–H groups in total. The zero-order valence-electron chi connectivity index (χ0n) is 16.7. The first-order chi connectivity index (χ1) is 15.2. The highest BCUT2D eigenvalue weighted by Gasteiger charge is 2.57. The molecule has 156 valence electrons. The molecule has 0 heterocycles. The van der Waals surface area contributed by atoms with Gasteiger partial charge in [-0.05, 0) is 36.4 Å². The first-order valence-corrected chi connectivity index (χ1v) is 11.5. The smallest absolute Gasteiger partial charge is 0.462 e. The molecule has 0 aliphatic carbocycles. The fraction of sp³-hybridized carbons (Fsp3) is 0.0400. The predicted molar refractivity (Wildman–Crippen MR) is 119 cm³/mol. The van der Waals surface area contributed by atoms with Crippen molar-refractivity contribution >= 4 is 9.05 Å². The number of aliphatic hydroxyl groups is 1. The number of benzene rings is 4. The molecule has 0 spiro atoms. The van der Waals surface area contributed by atoms with Crippen LogP contribution in [0, 0.1) is 0 Å². The van der Waals surface area contributed by atoms with Crippen molar-refractivity contribution in [3.8, 4) is 17.2 Å². The van der Waals surface area contributed by atoms with Crippen molar-refractivity contribution in [1.29, 1.82) is 0 Å². The summed E-state index contributed by atoms with van der Waals surface area (Å²) in [7, 11) is -4.01. The number of hydrogen-bond acceptors (Lipinski definition) is 5. The third-order valence-corrected chi connectivity index (χ3v) is 6.27. The quantitative estimate of drug-likeness (QED) is 0.286. The summed E-state index contributed by atoms with van der Waals surface area (Å²) < 4.78 is 24.7. The van der Waals surface area contributed by atoms with Gasteiger partial charge in [-0.25, -0.2) is 0 Å². The number of hydrogen-bond donors (Lipinski definition) is 1. The Morgan fingerprint density at radius 3 is 1.16 bits per heavy atom. The van der Waals surface area contributed by atoms with Gasteiger partial charge < -0.3 is 18.4 Å². The molecule has 1 atom stereocenters. The summed E-state index contributed by atoms with van der Waals surface area (Å²) in [6.07, 6.45) is -1.32. The fourth-order valence-corrected chi connectivity index (χ4v) is 4.81. The van der Waals surface area contributed by atoms with Gasteiger partial charge in [0.2, 0.25) is 0 Å². The van der Waals surface area contributed by atoms with Crippen LogP contribution in [0.5, 0.6) is 17.2 Å². The molecule has 1 unspecified atom stereocenters. The summed E-state index contributed by atoms with van der Waals surface area (Å²) >= 11 is 0. The summed E-state index contributed by atoms with van der Waals surface area (Å²) in [5.74, 6) is 1.50. The summed E-state index contributed by atoms with van der Waals surface area (Å²) in [4.78, 5) is 0. The number of aliphatic hydroxyl groups excluding tert-OH is 1. The average Bonchev–Trinajstić information content (AvgIpc) is 2.81. The minimum absolute atomic E-state index is 0.501. The molecule has 4 aromatic carbocycles. The maximum Gasteiger partial charge on any atom is 0.895 e. The molecular weight excluding hydrogens is 408 g/mol. The zero-order chi connectivity index (χ0) is 21.4. The van der Waals surface area contributed by atoms with Gasteiger partial charge in [-0.1, -0.05) is 84.9 Å². The lowest BCUT2D eigenvalue weighted by atomic mass is 10.2. The molecule has 4 aromatic rings. The van der Waals surface area contributed by atoms with Crippen LogP contribution < -0.4 is 13.3 Å². The van der Waals surface area contributed by atoms with Gasteiger partial charge in [-0.3, -0.25) is 4.43 Å². The molecule has 31 heavy (non-hydrogen) atoms. The van der Waals surface area contributed by atoms with Crippen LogP contribution >= 0.6 is 0 Å². The van der Waals surface area contributed by atoms with Crippen molar-refractivity contribution < 1.29 is 22.8 Å². The van der Waals surface area contributed by atoms with Crippen LogP contribution in [0.2, 0.25) is 0 Å². The second kappa shape index (κ2) is 9.95. The van der Waals surface area contributed by atoms with E-state index in [9.17, 15) is 5.11 Å². The SMILES string of the molecule is OC(O[Si](Oc1ccccc1)(Oc1ccccc1)Oc1ccccc1)c1ccccc1. The van der Waals surface area contributed by atoms with Crippen LogP contribution in [0.25, 0.3) is 0 Å². The first kappa shape index (κ1) is 20.7. The summed E-state index contributed by atoms with van der Waals surface area (Å²) in [6.45, 7) is 0. The highest BCUT2D eigenvalue weighted by molar-refractivity contribution is 6.56. The molecule has 5 nitrogen and oxygen atoms in total. The molecule has 0 aliphatic heterocycles. The molecule has 0 radical (unpaired) electrons. The molecular formula is C25H22O5Si. The molecule has 0 saturated heterocycles. The Labute approximate surface area is 182 Å². The molecule has 0 aliphatic rings. The van der Waals surface area contributed by atoms with Crippen LogP contribution in [0.4, 0.5) is 0 Å². The maximum atomic E-state index is 10.9. The zero-order valence-corrected chi connectivity index (χ0v) is 17.7. The number of rotatable bonds is 9. The van der Waals surface area contributed by atoms with Crippen LogP contribution in [0.3, 0.4) is 0 Å². The van der Waals surface area contributed by atoms with E-state index >= 15 is 0 Å². The molecule has 0 fully saturated rings. The minimum Gasteiger partial charge on any atom is -0.462 e. The van der Waals surface area contributed by atoms with Crippen LogP contribution in [0.15, 0.2) is 121 Å². The van der Waals surface area contributed by atoms with E-state index in [0.29, 0.717) is 22.8 Å².